The maximum atomic E-state index is 11.5. The summed E-state index contributed by atoms with van der Waals surface area (Å²) in [5.41, 5.74) is 0. The van der Waals surface area contributed by atoms with Crippen LogP contribution in [0.15, 0.2) is 24.8 Å². The molecule has 0 bridgehead atoms. The molecule has 0 saturated carbocycles. The molecule has 0 aliphatic heterocycles. The summed E-state index contributed by atoms with van der Waals surface area (Å²) < 4.78 is 10.0. The fourth-order valence-electron chi connectivity index (χ4n) is 3.10. The van der Waals surface area contributed by atoms with Crippen LogP contribution >= 0.6 is 0 Å². The summed E-state index contributed by atoms with van der Waals surface area (Å²) in [6, 6.07) is 0. The zero-order chi connectivity index (χ0) is 21.4. The second-order valence-electron chi connectivity index (χ2n) is 7.70. The average Bonchev–Trinajstić information content (AvgIpc) is 2.72. The lowest BCUT2D eigenvalue weighted by atomic mass is 10.0. The molecule has 0 aromatic carbocycles. The van der Waals surface area contributed by atoms with Crippen molar-refractivity contribution < 1.29 is 19.1 Å². The van der Waals surface area contributed by atoms with Crippen molar-refractivity contribution in [1.29, 1.82) is 0 Å². The average molecular weight is 409 g/mol. The first-order valence-electron chi connectivity index (χ1n) is 11.8. The maximum absolute atomic E-state index is 11.5. The van der Waals surface area contributed by atoms with Crippen molar-refractivity contribution in [3.63, 3.8) is 0 Å². The Morgan fingerprint density at radius 3 is 1.41 bits per heavy atom. The predicted octanol–water partition coefficient (Wildman–Crippen LogP) is 7.08. The van der Waals surface area contributed by atoms with Gasteiger partial charge in [-0.15, -0.1) is 6.58 Å². The third kappa shape index (κ3) is 22.6. The van der Waals surface area contributed by atoms with E-state index in [2.05, 4.69) is 13.5 Å². The van der Waals surface area contributed by atoms with Crippen LogP contribution < -0.4 is 0 Å². The first-order chi connectivity index (χ1) is 14.2. The van der Waals surface area contributed by atoms with Gasteiger partial charge in [0.2, 0.25) is 0 Å². The highest BCUT2D eigenvalue weighted by molar-refractivity contribution is 5.91. The van der Waals surface area contributed by atoms with Crippen LogP contribution in [0.1, 0.15) is 110 Å². The number of unbranched alkanes of at least 4 members (excludes halogenated alkanes) is 14. The van der Waals surface area contributed by atoms with Gasteiger partial charge in [0.15, 0.2) is 0 Å². The minimum Gasteiger partial charge on any atom is -0.463 e. The molecule has 0 atom stereocenters. The molecule has 0 amide bonds. The molecule has 0 N–H and O–H groups in total. The molecular weight excluding hydrogens is 364 g/mol. The molecule has 0 unspecified atom stereocenters. The van der Waals surface area contributed by atoms with E-state index in [0.717, 1.165) is 37.8 Å². The fraction of sp³-hybridized carbons (Fsp3) is 0.760. The van der Waals surface area contributed by atoms with E-state index in [-0.39, 0.29) is 0 Å². The molecule has 0 aliphatic carbocycles. The fourth-order valence-corrected chi connectivity index (χ4v) is 3.10. The third-order valence-corrected chi connectivity index (χ3v) is 4.89. The summed E-state index contributed by atoms with van der Waals surface area (Å²) in [5, 5.41) is 0. The lowest BCUT2D eigenvalue weighted by Crippen LogP contribution is -2.06. The Labute approximate surface area is 179 Å². The number of allylic oxidation sites excluding steroid dienone is 1. The smallest absolute Gasteiger partial charge is 0.331 e. The van der Waals surface area contributed by atoms with Crippen LogP contribution in [0.2, 0.25) is 0 Å². The Hall–Kier alpha value is -1.58. The van der Waals surface area contributed by atoms with E-state index in [9.17, 15) is 9.59 Å². The normalized spacial score (nSPS) is 10.9. The largest absolute Gasteiger partial charge is 0.463 e. The Balaban J connectivity index is 3.33. The Bertz CT molecular complexity index is 429. The first kappa shape index (κ1) is 27.4. The van der Waals surface area contributed by atoms with E-state index in [1.54, 1.807) is 6.08 Å². The van der Waals surface area contributed by atoms with Gasteiger partial charge in [-0.05, 0) is 19.3 Å². The highest BCUT2D eigenvalue weighted by atomic mass is 16.5. The number of rotatable bonds is 21. The van der Waals surface area contributed by atoms with Crippen molar-refractivity contribution in [2.75, 3.05) is 13.2 Å². The van der Waals surface area contributed by atoms with Crippen molar-refractivity contribution >= 4 is 11.9 Å². The first-order valence-corrected chi connectivity index (χ1v) is 11.8. The minimum absolute atomic E-state index is 0.337. The highest BCUT2D eigenvalue weighted by Gasteiger charge is 2.01. The molecule has 0 aliphatic rings. The van der Waals surface area contributed by atoms with Crippen molar-refractivity contribution in [3.05, 3.63) is 24.8 Å². The van der Waals surface area contributed by atoms with Gasteiger partial charge in [0.1, 0.15) is 0 Å². The monoisotopic (exact) mass is 408 g/mol. The van der Waals surface area contributed by atoms with Gasteiger partial charge < -0.3 is 9.47 Å². The number of esters is 2. The summed E-state index contributed by atoms with van der Waals surface area (Å²) in [4.78, 5) is 22.9. The minimum atomic E-state index is -0.512. The molecule has 0 heterocycles. The summed E-state index contributed by atoms with van der Waals surface area (Å²) in [6.07, 6.45) is 23.8. The van der Waals surface area contributed by atoms with E-state index in [1.165, 1.54) is 77.0 Å². The molecule has 0 aromatic heterocycles. The number of hydrogen-bond donors (Lipinski definition) is 0. The van der Waals surface area contributed by atoms with Crippen molar-refractivity contribution in [3.8, 4) is 0 Å². The molecule has 0 saturated heterocycles. The number of ether oxygens (including phenoxy) is 2. The van der Waals surface area contributed by atoms with E-state index in [4.69, 9.17) is 9.47 Å². The Morgan fingerprint density at radius 2 is 1.00 bits per heavy atom. The van der Waals surface area contributed by atoms with Crippen molar-refractivity contribution in [2.24, 2.45) is 0 Å². The van der Waals surface area contributed by atoms with E-state index < -0.39 is 11.9 Å². The summed E-state index contributed by atoms with van der Waals surface area (Å²) in [6.45, 7) is 6.61. The van der Waals surface area contributed by atoms with Gasteiger partial charge >= 0.3 is 11.9 Å². The molecule has 0 aromatic rings. The van der Waals surface area contributed by atoms with E-state index in [0.29, 0.717) is 13.2 Å². The topological polar surface area (TPSA) is 52.6 Å². The van der Waals surface area contributed by atoms with Crippen LogP contribution in [-0.2, 0) is 19.1 Å². The molecule has 29 heavy (non-hydrogen) atoms. The van der Waals surface area contributed by atoms with Crippen LogP contribution in [0.5, 0.6) is 0 Å². The van der Waals surface area contributed by atoms with Gasteiger partial charge in [-0.3, -0.25) is 0 Å². The van der Waals surface area contributed by atoms with Gasteiger partial charge in [0, 0.05) is 12.2 Å². The van der Waals surface area contributed by atoms with Gasteiger partial charge in [-0.2, -0.15) is 0 Å². The molecule has 4 nitrogen and oxygen atoms in total. The van der Waals surface area contributed by atoms with Crippen LogP contribution in [0.4, 0.5) is 0 Å². The lowest BCUT2D eigenvalue weighted by Gasteiger charge is -2.04. The maximum Gasteiger partial charge on any atom is 0.331 e. The highest BCUT2D eigenvalue weighted by Crippen LogP contribution is 2.12. The molecule has 168 valence electrons. The third-order valence-electron chi connectivity index (χ3n) is 4.89. The lowest BCUT2D eigenvalue weighted by molar-refractivity contribution is -0.140. The quantitative estimate of drug-likeness (QED) is 0.0881. The van der Waals surface area contributed by atoms with Crippen LogP contribution in [0.3, 0.4) is 0 Å². The van der Waals surface area contributed by atoms with Crippen LogP contribution in [0.25, 0.3) is 0 Å². The number of hydrogen-bond acceptors (Lipinski definition) is 4. The molecule has 0 rings (SSSR count). The zero-order valence-electron chi connectivity index (χ0n) is 18.8. The Kier molecular flexibility index (Phi) is 21.5. The van der Waals surface area contributed by atoms with Gasteiger partial charge in [-0.25, -0.2) is 9.59 Å². The van der Waals surface area contributed by atoms with Gasteiger partial charge in [-0.1, -0.05) is 96.5 Å². The summed E-state index contributed by atoms with van der Waals surface area (Å²) in [7, 11) is 0. The van der Waals surface area contributed by atoms with Crippen LogP contribution in [-0.4, -0.2) is 25.2 Å². The molecule has 4 heteroatoms. The molecule has 0 fully saturated rings. The zero-order valence-corrected chi connectivity index (χ0v) is 18.8. The van der Waals surface area contributed by atoms with Crippen molar-refractivity contribution in [1.82, 2.24) is 0 Å². The predicted molar refractivity (Wildman–Crippen MR) is 121 cm³/mol. The number of carbonyl (C=O) groups excluding carboxylic acids is 2. The molecule has 0 spiro atoms. The number of carbonyl (C=O) groups is 2. The molecular formula is C25H44O4. The molecule has 0 radical (unpaired) electrons. The summed E-state index contributed by atoms with van der Waals surface area (Å²) in [5.74, 6) is -0.995. The van der Waals surface area contributed by atoms with E-state index in [1.807, 2.05) is 0 Å². The standard InChI is InChI=1S/C25H44O4/c1-3-5-7-8-9-10-11-12-13-14-15-16-17-19-23-29-25(27)21-20-24(26)28-22-18-6-4-2/h4,20-21H,2-3,5-19,22-23H2,1H3/b21-20+. The van der Waals surface area contributed by atoms with Gasteiger partial charge in [0.05, 0.1) is 13.2 Å². The Morgan fingerprint density at radius 1 is 0.621 bits per heavy atom. The van der Waals surface area contributed by atoms with E-state index >= 15 is 0 Å². The second kappa shape index (κ2) is 22.7. The van der Waals surface area contributed by atoms with Gasteiger partial charge in [0.25, 0.3) is 0 Å². The van der Waals surface area contributed by atoms with Crippen LogP contribution in [0, 0.1) is 0 Å². The summed E-state index contributed by atoms with van der Waals surface area (Å²) >= 11 is 0. The second-order valence-corrected chi connectivity index (χ2v) is 7.70. The SMILES string of the molecule is C=CCCCOC(=O)/C=C/C(=O)OCCCCCCCCCCCCCCCC. The van der Waals surface area contributed by atoms with Crippen molar-refractivity contribution in [2.45, 2.75) is 110 Å².